The van der Waals surface area contributed by atoms with Crippen molar-refractivity contribution in [3.05, 3.63) is 48.2 Å². The number of hydrogen-bond donors (Lipinski definition) is 3. The minimum absolute atomic E-state index is 0.219. The Balaban J connectivity index is 1.36. The quantitative estimate of drug-likeness (QED) is 0.486. The number of benzene rings is 1. The van der Waals surface area contributed by atoms with E-state index >= 15 is 0 Å². The summed E-state index contributed by atoms with van der Waals surface area (Å²) in [6, 6.07) is 12.8. The molecule has 6 rings (SSSR count). The number of H-pyrrole nitrogens is 1. The minimum Gasteiger partial charge on any atom is -0.380 e. The summed E-state index contributed by atoms with van der Waals surface area (Å²) >= 11 is 0. The van der Waals surface area contributed by atoms with Crippen LogP contribution in [-0.4, -0.2) is 73.5 Å². The number of aromatic nitrogens is 3. The SMILES string of the molecule is C[C@@H]1COCCN1c1cc(-c2ccc(N3CC4(COC4)C3)cc2)c(C=N)c(Nc2ccn[nH]2)n1. The number of nitrogens with one attached hydrogen (secondary N) is 3. The molecule has 0 unspecified atom stereocenters. The van der Waals surface area contributed by atoms with Gasteiger partial charge in [0.2, 0.25) is 0 Å². The molecule has 1 spiro atoms. The van der Waals surface area contributed by atoms with E-state index in [1.807, 2.05) is 6.07 Å². The van der Waals surface area contributed by atoms with Gasteiger partial charge in [0.1, 0.15) is 17.5 Å². The molecular formula is C25H29N7O2. The highest BCUT2D eigenvalue weighted by molar-refractivity contribution is 5.96. The summed E-state index contributed by atoms with van der Waals surface area (Å²) < 4.78 is 11.0. The molecule has 0 radical (unpaired) electrons. The second kappa shape index (κ2) is 8.41. The highest BCUT2D eigenvalue weighted by Gasteiger charge is 2.49. The average Bonchev–Trinajstić information content (AvgIpc) is 3.31. The van der Waals surface area contributed by atoms with E-state index in [2.05, 4.69) is 62.6 Å². The highest BCUT2D eigenvalue weighted by atomic mass is 16.5. The number of rotatable bonds is 6. The van der Waals surface area contributed by atoms with Crippen LogP contribution in [0.3, 0.4) is 0 Å². The van der Waals surface area contributed by atoms with Crippen molar-refractivity contribution in [3.63, 3.8) is 0 Å². The molecule has 34 heavy (non-hydrogen) atoms. The Morgan fingerprint density at radius 3 is 2.65 bits per heavy atom. The molecule has 1 aromatic carbocycles. The van der Waals surface area contributed by atoms with Crippen LogP contribution in [0.5, 0.6) is 0 Å². The first kappa shape index (κ1) is 21.1. The first-order valence-electron chi connectivity index (χ1n) is 11.7. The summed E-state index contributed by atoms with van der Waals surface area (Å²) in [6.07, 6.45) is 3.06. The molecule has 0 aliphatic carbocycles. The van der Waals surface area contributed by atoms with Crippen molar-refractivity contribution in [2.75, 3.05) is 61.2 Å². The van der Waals surface area contributed by atoms with Crippen LogP contribution in [0, 0.1) is 10.8 Å². The molecule has 0 bridgehead atoms. The topological polar surface area (TPSA) is 102 Å². The number of aromatic amines is 1. The summed E-state index contributed by atoms with van der Waals surface area (Å²) in [7, 11) is 0. The molecular weight excluding hydrogens is 430 g/mol. The first-order valence-corrected chi connectivity index (χ1v) is 11.7. The lowest BCUT2D eigenvalue weighted by Crippen LogP contribution is -2.66. The van der Waals surface area contributed by atoms with Gasteiger partial charge >= 0.3 is 0 Å². The molecule has 3 aliphatic heterocycles. The monoisotopic (exact) mass is 459 g/mol. The zero-order valence-electron chi connectivity index (χ0n) is 19.3. The maximum Gasteiger partial charge on any atom is 0.143 e. The largest absolute Gasteiger partial charge is 0.380 e. The van der Waals surface area contributed by atoms with Crippen LogP contribution in [0.15, 0.2) is 42.6 Å². The van der Waals surface area contributed by atoms with Crippen molar-refractivity contribution in [3.8, 4) is 11.1 Å². The van der Waals surface area contributed by atoms with Gasteiger partial charge in [-0.25, -0.2) is 4.98 Å². The predicted molar refractivity (Wildman–Crippen MR) is 133 cm³/mol. The summed E-state index contributed by atoms with van der Waals surface area (Å²) in [6.45, 7) is 8.16. The van der Waals surface area contributed by atoms with E-state index in [1.165, 1.54) is 11.9 Å². The van der Waals surface area contributed by atoms with E-state index in [4.69, 9.17) is 19.9 Å². The fourth-order valence-electron chi connectivity index (χ4n) is 5.06. The Morgan fingerprint density at radius 2 is 2.00 bits per heavy atom. The summed E-state index contributed by atoms with van der Waals surface area (Å²) in [4.78, 5) is 9.60. The molecule has 9 heteroatoms. The second-order valence-electron chi connectivity index (χ2n) is 9.54. The van der Waals surface area contributed by atoms with Crippen LogP contribution in [0.4, 0.5) is 23.1 Å². The Kier molecular flexibility index (Phi) is 5.23. The van der Waals surface area contributed by atoms with Gasteiger partial charge in [-0.2, -0.15) is 5.10 Å². The number of hydrogen-bond acceptors (Lipinski definition) is 8. The molecule has 1 atom stereocenters. The van der Waals surface area contributed by atoms with Crippen LogP contribution in [0.1, 0.15) is 12.5 Å². The van der Waals surface area contributed by atoms with Crippen LogP contribution >= 0.6 is 0 Å². The van der Waals surface area contributed by atoms with Gasteiger partial charge in [0, 0.05) is 43.2 Å². The lowest BCUT2D eigenvalue weighted by atomic mass is 9.78. The molecule has 3 fully saturated rings. The normalized spacial score (nSPS) is 21.1. The maximum atomic E-state index is 8.19. The molecule has 3 aliphatic rings. The van der Waals surface area contributed by atoms with Gasteiger partial charge in [0.25, 0.3) is 0 Å². The van der Waals surface area contributed by atoms with E-state index in [0.717, 1.165) is 61.2 Å². The predicted octanol–water partition coefficient (Wildman–Crippen LogP) is 3.27. The molecule has 0 saturated carbocycles. The molecule has 0 amide bonds. The van der Waals surface area contributed by atoms with Gasteiger partial charge in [-0.1, -0.05) is 12.1 Å². The third-order valence-electron chi connectivity index (χ3n) is 7.02. The Bertz CT molecular complexity index is 1170. The van der Waals surface area contributed by atoms with Crippen LogP contribution < -0.4 is 15.1 Å². The Morgan fingerprint density at radius 1 is 1.18 bits per heavy atom. The fourth-order valence-corrected chi connectivity index (χ4v) is 5.06. The number of anilines is 4. The molecule has 3 N–H and O–H groups in total. The molecule has 2 aromatic heterocycles. The van der Waals surface area contributed by atoms with Crippen LogP contribution in [0.2, 0.25) is 0 Å². The van der Waals surface area contributed by atoms with Crippen LogP contribution in [0.25, 0.3) is 11.1 Å². The highest BCUT2D eigenvalue weighted by Crippen LogP contribution is 2.41. The van der Waals surface area contributed by atoms with E-state index in [0.29, 0.717) is 24.4 Å². The van der Waals surface area contributed by atoms with E-state index in [9.17, 15) is 0 Å². The zero-order chi connectivity index (χ0) is 23.1. The summed E-state index contributed by atoms with van der Waals surface area (Å²) in [5.74, 6) is 2.23. The fraction of sp³-hybridized carbons (Fsp3) is 0.400. The first-order chi connectivity index (χ1) is 16.6. The third kappa shape index (κ3) is 3.70. The molecule has 3 aromatic rings. The maximum absolute atomic E-state index is 8.19. The van der Waals surface area contributed by atoms with Crippen molar-refractivity contribution >= 4 is 29.4 Å². The Hall–Kier alpha value is -3.43. The van der Waals surface area contributed by atoms with Crippen molar-refractivity contribution in [1.82, 2.24) is 15.2 Å². The standard InChI is InChI=1S/C25H29N7O2/c1-17-12-33-9-8-32(17)23-10-20(21(11-26)24(29-23)28-22-6-7-27-30-22)18-2-4-19(5-3-18)31-13-25(14-31)15-34-16-25/h2-7,10-11,17,26H,8-9,12-16H2,1H3,(H2,27,28,29,30)/t17-/m1/s1. The van der Waals surface area contributed by atoms with Crippen molar-refractivity contribution < 1.29 is 9.47 Å². The van der Waals surface area contributed by atoms with Crippen molar-refractivity contribution in [2.45, 2.75) is 13.0 Å². The van der Waals surface area contributed by atoms with Gasteiger partial charge in [-0.15, -0.1) is 0 Å². The van der Waals surface area contributed by atoms with Crippen molar-refractivity contribution in [2.24, 2.45) is 5.41 Å². The van der Waals surface area contributed by atoms with E-state index in [-0.39, 0.29) is 6.04 Å². The lowest BCUT2D eigenvalue weighted by molar-refractivity contribution is -0.127. The molecule has 5 heterocycles. The summed E-state index contributed by atoms with van der Waals surface area (Å²) in [5.41, 5.74) is 4.38. The molecule has 3 saturated heterocycles. The van der Waals surface area contributed by atoms with Gasteiger partial charge in [0.15, 0.2) is 0 Å². The Labute approximate surface area is 198 Å². The lowest BCUT2D eigenvalue weighted by Gasteiger charge is -2.56. The second-order valence-corrected chi connectivity index (χ2v) is 9.54. The summed E-state index contributed by atoms with van der Waals surface area (Å²) in [5, 5.41) is 18.5. The van der Waals surface area contributed by atoms with Gasteiger partial charge in [-0.3, -0.25) is 5.10 Å². The van der Waals surface area contributed by atoms with Crippen molar-refractivity contribution in [1.29, 1.82) is 5.41 Å². The van der Waals surface area contributed by atoms with Gasteiger partial charge in [-0.05, 0) is 36.2 Å². The number of pyridine rings is 1. The van der Waals surface area contributed by atoms with E-state index in [1.54, 1.807) is 6.20 Å². The number of ether oxygens (including phenoxy) is 2. The minimum atomic E-state index is 0.219. The number of morpholine rings is 1. The van der Waals surface area contributed by atoms with E-state index < -0.39 is 0 Å². The number of nitrogens with zero attached hydrogens (tertiary/aromatic N) is 4. The van der Waals surface area contributed by atoms with Crippen LogP contribution in [-0.2, 0) is 9.47 Å². The van der Waals surface area contributed by atoms with Gasteiger partial charge in [0.05, 0.1) is 44.1 Å². The van der Waals surface area contributed by atoms with Gasteiger partial charge < -0.3 is 30.0 Å². The molecule has 176 valence electrons. The average molecular weight is 460 g/mol. The third-order valence-corrected chi connectivity index (χ3v) is 7.02. The zero-order valence-corrected chi connectivity index (χ0v) is 19.3. The molecule has 9 nitrogen and oxygen atoms in total. The smallest absolute Gasteiger partial charge is 0.143 e.